The maximum atomic E-state index is 9.68. The molecule has 7 aromatic rings. The quantitative estimate of drug-likeness (QED) is 0.187. The number of nitriles is 1. The Kier molecular flexibility index (Phi) is 7.40. The minimum absolute atomic E-state index is 0.00965. The molecule has 50 heavy (non-hydrogen) atoms. The fraction of sp³-hybridized carbons (Fsp3) is 0.130. The summed E-state index contributed by atoms with van der Waals surface area (Å²) < 4.78 is 0. The van der Waals surface area contributed by atoms with E-state index in [1.54, 1.807) is 0 Å². The van der Waals surface area contributed by atoms with Gasteiger partial charge in [0.05, 0.1) is 11.6 Å². The highest BCUT2D eigenvalue weighted by molar-refractivity contribution is 5.85. The molecule has 1 fully saturated rings. The van der Waals surface area contributed by atoms with E-state index in [9.17, 15) is 5.26 Å². The van der Waals surface area contributed by atoms with E-state index in [4.69, 9.17) is 15.0 Å². The van der Waals surface area contributed by atoms with Gasteiger partial charge in [-0.15, -0.1) is 0 Å². The van der Waals surface area contributed by atoms with Crippen LogP contribution >= 0.6 is 0 Å². The van der Waals surface area contributed by atoms with Crippen LogP contribution in [0.4, 0.5) is 0 Å². The first-order valence-electron chi connectivity index (χ1n) is 17.5. The number of nitrogens with zero attached hydrogens (tertiary/aromatic N) is 4. The van der Waals surface area contributed by atoms with Crippen LogP contribution in [0.3, 0.4) is 0 Å². The lowest BCUT2D eigenvalue weighted by Gasteiger charge is -2.36. The van der Waals surface area contributed by atoms with Gasteiger partial charge in [-0.1, -0.05) is 147 Å². The predicted molar refractivity (Wildman–Crippen MR) is 201 cm³/mol. The molecule has 2 aliphatic carbocycles. The number of benzene rings is 6. The van der Waals surface area contributed by atoms with Gasteiger partial charge in [-0.05, 0) is 75.5 Å². The van der Waals surface area contributed by atoms with Crippen molar-refractivity contribution in [2.45, 2.75) is 37.5 Å². The van der Waals surface area contributed by atoms with Gasteiger partial charge in [-0.2, -0.15) is 5.26 Å². The first kappa shape index (κ1) is 29.9. The lowest BCUT2D eigenvalue weighted by molar-refractivity contribution is 0.353. The Morgan fingerprint density at radius 2 is 0.840 bits per heavy atom. The molecule has 4 heteroatoms. The fourth-order valence-corrected chi connectivity index (χ4v) is 8.04. The molecule has 4 nitrogen and oxygen atoms in total. The molecule has 1 saturated carbocycles. The molecule has 2 aliphatic rings. The first-order chi connectivity index (χ1) is 24.7. The van der Waals surface area contributed by atoms with Crippen molar-refractivity contribution in [3.8, 4) is 73.6 Å². The van der Waals surface area contributed by atoms with Crippen LogP contribution in [-0.2, 0) is 5.41 Å². The Bertz CT molecular complexity index is 2330. The molecule has 9 rings (SSSR count). The van der Waals surface area contributed by atoms with E-state index >= 15 is 0 Å². The van der Waals surface area contributed by atoms with Crippen LogP contribution < -0.4 is 0 Å². The molecule has 1 spiro atoms. The molecule has 0 atom stereocenters. The summed E-state index contributed by atoms with van der Waals surface area (Å²) in [5.74, 6) is 1.97. The lowest BCUT2D eigenvalue weighted by atomic mass is 9.67. The van der Waals surface area contributed by atoms with Crippen LogP contribution in [0, 0.1) is 11.3 Å². The minimum Gasteiger partial charge on any atom is -0.208 e. The second-order valence-corrected chi connectivity index (χ2v) is 13.5. The summed E-state index contributed by atoms with van der Waals surface area (Å²) in [5.41, 5.74) is 13.8. The minimum atomic E-state index is 0.00965. The van der Waals surface area contributed by atoms with Crippen LogP contribution in [0.1, 0.15) is 48.8 Å². The maximum Gasteiger partial charge on any atom is 0.164 e. The van der Waals surface area contributed by atoms with Gasteiger partial charge in [-0.25, -0.2) is 15.0 Å². The number of fused-ring (bicyclic) bond motifs is 5. The Balaban J connectivity index is 1.02. The van der Waals surface area contributed by atoms with Gasteiger partial charge in [0, 0.05) is 22.1 Å². The highest BCUT2D eigenvalue weighted by Gasteiger charge is 2.44. The van der Waals surface area contributed by atoms with E-state index in [1.165, 1.54) is 52.6 Å². The zero-order chi connectivity index (χ0) is 33.5. The first-order valence-corrected chi connectivity index (χ1v) is 17.5. The molecule has 1 heterocycles. The van der Waals surface area contributed by atoms with Crippen molar-refractivity contribution < 1.29 is 0 Å². The van der Waals surface area contributed by atoms with Gasteiger partial charge in [-0.3, -0.25) is 0 Å². The molecule has 0 bridgehead atoms. The second-order valence-electron chi connectivity index (χ2n) is 13.5. The van der Waals surface area contributed by atoms with E-state index in [0.717, 1.165) is 46.2 Å². The number of hydrogen-bond donors (Lipinski definition) is 0. The number of rotatable bonds is 5. The normalized spacial score (nSPS) is 14.1. The molecule has 6 aromatic carbocycles. The Morgan fingerprint density at radius 3 is 1.36 bits per heavy atom. The van der Waals surface area contributed by atoms with Crippen molar-refractivity contribution in [2.24, 2.45) is 0 Å². The molecule has 0 aliphatic heterocycles. The molecule has 0 radical (unpaired) electrons. The van der Waals surface area contributed by atoms with E-state index in [-0.39, 0.29) is 5.41 Å². The summed E-state index contributed by atoms with van der Waals surface area (Å²) in [7, 11) is 0. The molecule has 0 unspecified atom stereocenters. The molecule has 0 amide bonds. The average molecular weight is 643 g/mol. The standard InChI is InChI=1S/C46H34N4/c47-30-31-14-24-39-40-25-23-38(29-42(40)46(41(39)28-31)26-8-3-9-27-46)34-17-15-32(16-18-34)33-19-21-37(22-20-33)45-49-43(35-10-4-1-5-11-35)48-44(50-45)36-12-6-2-7-13-36/h1-2,4-7,10-25,28-29H,3,8-9,26-27H2. The van der Waals surface area contributed by atoms with E-state index < -0.39 is 0 Å². The summed E-state index contributed by atoms with van der Waals surface area (Å²) in [6.07, 6.45) is 6.02. The van der Waals surface area contributed by atoms with Gasteiger partial charge in [0.25, 0.3) is 0 Å². The SMILES string of the molecule is N#Cc1ccc2c(c1)C1(CCCCC1)c1cc(-c3ccc(-c4ccc(-c5nc(-c6ccccc6)nc(-c6ccccc6)n5)cc4)cc3)ccc1-2. The lowest BCUT2D eigenvalue weighted by Crippen LogP contribution is -2.28. The van der Waals surface area contributed by atoms with E-state index in [0.29, 0.717) is 17.5 Å². The van der Waals surface area contributed by atoms with Gasteiger partial charge >= 0.3 is 0 Å². The van der Waals surface area contributed by atoms with Crippen molar-refractivity contribution in [1.29, 1.82) is 5.26 Å². The molecule has 0 saturated heterocycles. The second kappa shape index (κ2) is 12.4. The summed E-state index contributed by atoms with van der Waals surface area (Å²) >= 11 is 0. The van der Waals surface area contributed by atoms with Crippen LogP contribution in [0.2, 0.25) is 0 Å². The van der Waals surface area contributed by atoms with Gasteiger partial charge in [0.2, 0.25) is 0 Å². The van der Waals surface area contributed by atoms with Crippen molar-refractivity contribution in [3.05, 3.63) is 162 Å². The van der Waals surface area contributed by atoms with Crippen molar-refractivity contribution in [1.82, 2.24) is 15.0 Å². The van der Waals surface area contributed by atoms with Gasteiger partial charge in [0.1, 0.15) is 0 Å². The summed E-state index contributed by atoms with van der Waals surface area (Å²) in [6.45, 7) is 0. The summed E-state index contributed by atoms with van der Waals surface area (Å²) in [4.78, 5) is 14.6. The summed E-state index contributed by atoms with van der Waals surface area (Å²) in [5, 5.41) is 9.68. The number of aromatic nitrogens is 3. The van der Waals surface area contributed by atoms with Gasteiger partial charge < -0.3 is 0 Å². The number of hydrogen-bond acceptors (Lipinski definition) is 4. The van der Waals surface area contributed by atoms with Crippen LogP contribution in [0.25, 0.3) is 67.5 Å². The Hall–Kier alpha value is -6.18. The molecular formula is C46H34N4. The Labute approximate surface area is 292 Å². The zero-order valence-electron chi connectivity index (χ0n) is 27.7. The third-order valence-electron chi connectivity index (χ3n) is 10.6. The fourth-order valence-electron chi connectivity index (χ4n) is 8.04. The van der Waals surface area contributed by atoms with E-state index in [1.807, 2.05) is 66.7 Å². The maximum absolute atomic E-state index is 9.68. The zero-order valence-corrected chi connectivity index (χ0v) is 27.7. The highest BCUT2D eigenvalue weighted by Crippen LogP contribution is 2.56. The van der Waals surface area contributed by atoms with E-state index in [2.05, 4.69) is 84.9 Å². The molecule has 0 N–H and O–H groups in total. The molecular weight excluding hydrogens is 609 g/mol. The topological polar surface area (TPSA) is 62.5 Å². The van der Waals surface area contributed by atoms with Crippen molar-refractivity contribution in [3.63, 3.8) is 0 Å². The molecule has 238 valence electrons. The third kappa shape index (κ3) is 5.19. The molecule has 1 aromatic heterocycles. The largest absolute Gasteiger partial charge is 0.208 e. The predicted octanol–water partition coefficient (Wildman–Crippen LogP) is 11.3. The van der Waals surface area contributed by atoms with Crippen molar-refractivity contribution in [2.75, 3.05) is 0 Å². The Morgan fingerprint density at radius 1 is 0.420 bits per heavy atom. The van der Waals surface area contributed by atoms with Crippen molar-refractivity contribution >= 4 is 0 Å². The highest BCUT2D eigenvalue weighted by atomic mass is 15.0. The van der Waals surface area contributed by atoms with Gasteiger partial charge in [0.15, 0.2) is 17.5 Å². The monoisotopic (exact) mass is 642 g/mol. The van der Waals surface area contributed by atoms with Crippen LogP contribution in [0.5, 0.6) is 0 Å². The average Bonchev–Trinajstić information content (AvgIpc) is 3.46. The van der Waals surface area contributed by atoms with Crippen LogP contribution in [0.15, 0.2) is 146 Å². The summed E-state index contributed by atoms with van der Waals surface area (Å²) in [6, 6.07) is 53.2. The smallest absolute Gasteiger partial charge is 0.164 e. The van der Waals surface area contributed by atoms with Crippen LogP contribution in [-0.4, -0.2) is 15.0 Å². The third-order valence-corrected chi connectivity index (χ3v) is 10.6.